The highest BCUT2D eigenvalue weighted by molar-refractivity contribution is 5.99. The van der Waals surface area contributed by atoms with Crippen LogP contribution >= 0.6 is 0 Å². The number of amides is 1. The second kappa shape index (κ2) is 3.14. The molecule has 0 atom stereocenters. The van der Waals surface area contributed by atoms with Crippen LogP contribution in [0, 0.1) is 0 Å². The van der Waals surface area contributed by atoms with Gasteiger partial charge in [0, 0.05) is 0 Å². The van der Waals surface area contributed by atoms with Crippen molar-refractivity contribution in [2.75, 3.05) is 11.9 Å². The number of hydroxylamine groups is 1. The van der Waals surface area contributed by atoms with Crippen molar-refractivity contribution >= 4 is 11.6 Å². The normalized spacial score (nSPS) is 14.8. The molecular weight excluding hydrogens is 173 g/mol. The maximum Gasteiger partial charge on any atom is 0.255 e. The molecule has 1 aliphatic heterocycles. The molecule has 4 heteroatoms. The minimum Gasteiger partial charge on any atom is -0.272 e. The summed E-state index contributed by atoms with van der Waals surface area (Å²) in [5.41, 5.74) is 1.52. The number of alkyl halides is 1. The molecule has 0 aromatic heterocycles. The molecular formula is C9H8FNO2. The largest absolute Gasteiger partial charge is 0.272 e. The predicted octanol–water partition coefficient (Wildman–Crippen LogP) is 1.43. The maximum absolute atomic E-state index is 11.9. The van der Waals surface area contributed by atoms with E-state index >= 15 is 0 Å². The number of rotatable bonds is 2. The molecule has 0 bridgehead atoms. The van der Waals surface area contributed by atoms with Gasteiger partial charge in [-0.1, -0.05) is 18.2 Å². The van der Waals surface area contributed by atoms with Gasteiger partial charge >= 0.3 is 0 Å². The third kappa shape index (κ3) is 1.29. The fourth-order valence-electron chi connectivity index (χ4n) is 1.42. The predicted molar refractivity (Wildman–Crippen MR) is 44.7 cm³/mol. The molecule has 1 aromatic rings. The van der Waals surface area contributed by atoms with E-state index in [0.29, 0.717) is 5.69 Å². The fraction of sp³-hybridized carbons (Fsp3) is 0.222. The number of para-hydroxylation sites is 1. The van der Waals surface area contributed by atoms with Crippen molar-refractivity contribution in [3.05, 3.63) is 29.8 Å². The lowest BCUT2D eigenvalue weighted by Crippen LogP contribution is -2.26. The van der Waals surface area contributed by atoms with E-state index in [1.54, 1.807) is 12.1 Å². The van der Waals surface area contributed by atoms with Crippen LogP contribution in [-0.4, -0.2) is 12.8 Å². The van der Waals surface area contributed by atoms with Crippen LogP contribution in [0.15, 0.2) is 24.3 Å². The minimum absolute atomic E-state index is 0.223. The number of nitrogens with zero attached hydrogens (tertiary/aromatic N) is 1. The first kappa shape index (κ1) is 8.19. The van der Waals surface area contributed by atoms with Gasteiger partial charge in [0.15, 0.2) is 0 Å². The van der Waals surface area contributed by atoms with Crippen LogP contribution < -0.4 is 5.06 Å². The number of anilines is 1. The Balaban J connectivity index is 2.35. The lowest BCUT2D eigenvalue weighted by atomic mass is 10.2. The van der Waals surface area contributed by atoms with E-state index in [1.165, 1.54) is 0 Å². The first-order chi connectivity index (χ1) is 6.33. The third-order valence-corrected chi connectivity index (χ3v) is 1.96. The summed E-state index contributed by atoms with van der Waals surface area (Å²) in [5, 5.41) is 1.01. The second-order valence-electron chi connectivity index (χ2n) is 2.73. The van der Waals surface area contributed by atoms with Gasteiger partial charge in [-0.3, -0.25) is 4.79 Å². The van der Waals surface area contributed by atoms with E-state index in [-0.39, 0.29) is 12.3 Å². The zero-order valence-corrected chi connectivity index (χ0v) is 6.87. The van der Waals surface area contributed by atoms with E-state index < -0.39 is 6.86 Å². The Labute approximate surface area is 74.7 Å². The van der Waals surface area contributed by atoms with Crippen molar-refractivity contribution in [2.24, 2.45) is 0 Å². The Morgan fingerprint density at radius 3 is 3.00 bits per heavy atom. The summed E-state index contributed by atoms with van der Waals surface area (Å²) < 4.78 is 11.9. The van der Waals surface area contributed by atoms with Crippen molar-refractivity contribution in [1.29, 1.82) is 0 Å². The van der Waals surface area contributed by atoms with Gasteiger partial charge in [0.25, 0.3) is 5.91 Å². The van der Waals surface area contributed by atoms with E-state index in [9.17, 15) is 9.18 Å². The molecule has 0 aliphatic carbocycles. The van der Waals surface area contributed by atoms with Crippen LogP contribution in [0.5, 0.6) is 0 Å². The van der Waals surface area contributed by atoms with Gasteiger partial charge in [-0.25, -0.2) is 9.23 Å². The Kier molecular flexibility index (Phi) is 1.98. The number of benzene rings is 1. The number of carbonyl (C=O) groups is 1. The molecule has 2 rings (SSSR count). The lowest BCUT2D eigenvalue weighted by molar-refractivity contribution is -0.126. The molecule has 0 spiro atoms. The van der Waals surface area contributed by atoms with Gasteiger partial charge in [0.05, 0.1) is 12.1 Å². The standard InChI is InChI=1S/C9H8FNO2/c10-6-13-11-8-4-2-1-3-7(8)5-9(11)12/h1-4H,5-6H2. The maximum atomic E-state index is 11.9. The van der Waals surface area contributed by atoms with Crippen molar-refractivity contribution in [1.82, 2.24) is 0 Å². The molecule has 1 heterocycles. The molecule has 68 valence electrons. The van der Waals surface area contributed by atoms with Crippen molar-refractivity contribution in [2.45, 2.75) is 6.42 Å². The Bertz CT molecular complexity index is 340. The number of hydrogen-bond acceptors (Lipinski definition) is 2. The van der Waals surface area contributed by atoms with Crippen molar-refractivity contribution in [3.8, 4) is 0 Å². The van der Waals surface area contributed by atoms with Crippen molar-refractivity contribution in [3.63, 3.8) is 0 Å². The SMILES string of the molecule is O=C1Cc2ccccc2N1OCF. The molecule has 3 nitrogen and oxygen atoms in total. The van der Waals surface area contributed by atoms with Crippen LogP contribution in [0.4, 0.5) is 10.1 Å². The molecule has 0 saturated carbocycles. The molecule has 0 unspecified atom stereocenters. The van der Waals surface area contributed by atoms with Gasteiger partial charge in [0.2, 0.25) is 6.86 Å². The van der Waals surface area contributed by atoms with Gasteiger partial charge in [-0.2, -0.15) is 5.06 Å². The molecule has 1 aromatic carbocycles. The first-order valence-electron chi connectivity index (χ1n) is 3.92. The third-order valence-electron chi connectivity index (χ3n) is 1.96. The molecule has 1 aliphatic rings. The van der Waals surface area contributed by atoms with E-state index in [0.717, 1.165) is 10.6 Å². The first-order valence-corrected chi connectivity index (χ1v) is 3.92. The molecule has 0 N–H and O–H groups in total. The lowest BCUT2D eigenvalue weighted by Gasteiger charge is -2.13. The van der Waals surface area contributed by atoms with Gasteiger partial charge < -0.3 is 0 Å². The molecule has 0 saturated heterocycles. The quantitative estimate of drug-likeness (QED) is 0.690. The number of halogens is 1. The summed E-state index contributed by atoms with van der Waals surface area (Å²) in [6.45, 7) is -0.986. The Hall–Kier alpha value is -1.42. The highest BCUT2D eigenvalue weighted by Gasteiger charge is 2.27. The van der Waals surface area contributed by atoms with Crippen LogP contribution in [0.3, 0.4) is 0 Å². The average Bonchev–Trinajstić information content (AvgIpc) is 2.44. The molecule has 0 radical (unpaired) electrons. The highest BCUT2D eigenvalue weighted by Crippen LogP contribution is 2.28. The van der Waals surface area contributed by atoms with Crippen molar-refractivity contribution < 1.29 is 14.0 Å². The zero-order valence-electron chi connectivity index (χ0n) is 6.87. The minimum atomic E-state index is -0.986. The summed E-state index contributed by atoms with van der Waals surface area (Å²) in [6.07, 6.45) is 0.288. The average molecular weight is 181 g/mol. The smallest absolute Gasteiger partial charge is 0.255 e. The number of hydrogen-bond donors (Lipinski definition) is 0. The molecule has 1 amide bonds. The number of carbonyl (C=O) groups excluding carboxylic acids is 1. The monoisotopic (exact) mass is 181 g/mol. The zero-order chi connectivity index (χ0) is 9.26. The fourth-order valence-corrected chi connectivity index (χ4v) is 1.42. The van der Waals surface area contributed by atoms with Crippen LogP contribution in [-0.2, 0) is 16.1 Å². The van der Waals surface area contributed by atoms with Crippen LogP contribution in [0.2, 0.25) is 0 Å². The van der Waals surface area contributed by atoms with Gasteiger partial charge in [0.1, 0.15) is 0 Å². The summed E-state index contributed by atoms with van der Waals surface area (Å²) in [7, 11) is 0. The summed E-state index contributed by atoms with van der Waals surface area (Å²) in [5.74, 6) is -0.223. The number of fused-ring (bicyclic) bond motifs is 1. The van der Waals surface area contributed by atoms with Crippen LogP contribution in [0.1, 0.15) is 5.56 Å². The topological polar surface area (TPSA) is 29.5 Å². The van der Waals surface area contributed by atoms with Gasteiger partial charge in [-0.05, 0) is 11.6 Å². The summed E-state index contributed by atoms with van der Waals surface area (Å²) in [4.78, 5) is 15.8. The molecule has 0 fully saturated rings. The summed E-state index contributed by atoms with van der Waals surface area (Å²) >= 11 is 0. The van der Waals surface area contributed by atoms with E-state index in [1.807, 2.05) is 12.1 Å². The van der Waals surface area contributed by atoms with Gasteiger partial charge in [-0.15, -0.1) is 0 Å². The van der Waals surface area contributed by atoms with Crippen LogP contribution in [0.25, 0.3) is 0 Å². The Morgan fingerprint density at radius 1 is 1.46 bits per heavy atom. The Morgan fingerprint density at radius 2 is 2.23 bits per heavy atom. The molecule has 13 heavy (non-hydrogen) atoms. The highest BCUT2D eigenvalue weighted by atomic mass is 19.1. The van der Waals surface area contributed by atoms with E-state index in [2.05, 4.69) is 4.84 Å². The van der Waals surface area contributed by atoms with E-state index in [4.69, 9.17) is 0 Å². The second-order valence-corrected chi connectivity index (χ2v) is 2.73. The summed E-state index contributed by atoms with van der Waals surface area (Å²) in [6, 6.07) is 7.18.